The van der Waals surface area contributed by atoms with E-state index in [0.29, 0.717) is 12.8 Å². The second-order valence-electron chi connectivity index (χ2n) is 4.99. The molecule has 0 unspecified atom stereocenters. The van der Waals surface area contributed by atoms with Gasteiger partial charge in [0.05, 0.1) is 0 Å². The topological polar surface area (TPSA) is 67.4 Å². The molecule has 1 rings (SSSR count). The molecular formula is C10H18N2O3S. The van der Waals surface area contributed by atoms with Crippen LogP contribution in [0.3, 0.4) is 0 Å². The summed E-state index contributed by atoms with van der Waals surface area (Å²) in [6.07, 6.45) is 0.860. The van der Waals surface area contributed by atoms with Crippen molar-refractivity contribution in [2.75, 3.05) is 0 Å². The molecule has 0 bridgehead atoms. The van der Waals surface area contributed by atoms with E-state index in [-0.39, 0.29) is 17.9 Å². The predicted octanol–water partition coefficient (Wildman–Crippen LogP) is 1.25. The van der Waals surface area contributed by atoms with E-state index in [4.69, 9.17) is 4.74 Å². The third-order valence-corrected chi connectivity index (χ3v) is 2.56. The Hall–Kier alpha value is -0.910. The summed E-state index contributed by atoms with van der Waals surface area (Å²) in [6, 6.07) is 0.0329. The zero-order valence-corrected chi connectivity index (χ0v) is 10.6. The third kappa shape index (κ3) is 3.92. The SMILES string of the molecule is CC(C)(C)OC(=O)NC1CC(C(=O)NS)C1. The number of rotatable bonds is 2. The van der Waals surface area contributed by atoms with Crippen LogP contribution in [0.1, 0.15) is 33.6 Å². The fraction of sp³-hybridized carbons (Fsp3) is 0.800. The maximum Gasteiger partial charge on any atom is 0.407 e. The summed E-state index contributed by atoms with van der Waals surface area (Å²) in [4.78, 5) is 22.5. The van der Waals surface area contributed by atoms with Crippen molar-refractivity contribution < 1.29 is 14.3 Å². The number of thiol groups is 1. The van der Waals surface area contributed by atoms with E-state index in [2.05, 4.69) is 22.9 Å². The highest BCUT2D eigenvalue weighted by atomic mass is 32.1. The first-order chi connectivity index (χ1) is 7.31. The average molecular weight is 246 g/mol. The van der Waals surface area contributed by atoms with Crippen LogP contribution >= 0.6 is 12.8 Å². The summed E-state index contributed by atoms with van der Waals surface area (Å²) >= 11 is 3.69. The van der Waals surface area contributed by atoms with Gasteiger partial charge in [-0.25, -0.2) is 4.79 Å². The van der Waals surface area contributed by atoms with Gasteiger partial charge in [-0.15, -0.1) is 0 Å². The van der Waals surface area contributed by atoms with Gasteiger partial charge < -0.3 is 14.8 Å². The quantitative estimate of drug-likeness (QED) is 0.642. The van der Waals surface area contributed by atoms with Crippen molar-refractivity contribution in [3.8, 4) is 0 Å². The molecule has 92 valence electrons. The fourth-order valence-electron chi connectivity index (χ4n) is 1.52. The van der Waals surface area contributed by atoms with E-state index in [1.54, 1.807) is 0 Å². The van der Waals surface area contributed by atoms with Crippen LogP contribution in [0.5, 0.6) is 0 Å². The summed E-state index contributed by atoms with van der Waals surface area (Å²) in [5, 5.41) is 2.72. The first kappa shape index (κ1) is 13.2. The van der Waals surface area contributed by atoms with E-state index >= 15 is 0 Å². The number of hydrogen-bond donors (Lipinski definition) is 3. The minimum absolute atomic E-state index is 0.0329. The van der Waals surface area contributed by atoms with Gasteiger partial charge in [-0.2, -0.15) is 0 Å². The molecule has 0 atom stereocenters. The summed E-state index contributed by atoms with van der Waals surface area (Å²) in [5.41, 5.74) is -0.490. The van der Waals surface area contributed by atoms with Crippen molar-refractivity contribution in [3.05, 3.63) is 0 Å². The minimum atomic E-state index is -0.490. The largest absolute Gasteiger partial charge is 0.444 e. The van der Waals surface area contributed by atoms with Gasteiger partial charge in [-0.3, -0.25) is 4.79 Å². The van der Waals surface area contributed by atoms with Crippen LogP contribution in [0.15, 0.2) is 0 Å². The molecule has 1 aliphatic carbocycles. The van der Waals surface area contributed by atoms with Crippen LogP contribution in [0, 0.1) is 5.92 Å². The van der Waals surface area contributed by atoms with Gasteiger partial charge in [0.2, 0.25) is 5.91 Å². The van der Waals surface area contributed by atoms with E-state index in [1.807, 2.05) is 20.8 Å². The molecule has 1 aliphatic rings. The molecular weight excluding hydrogens is 228 g/mol. The van der Waals surface area contributed by atoms with Crippen LogP contribution in [0.4, 0.5) is 4.79 Å². The minimum Gasteiger partial charge on any atom is -0.444 e. The van der Waals surface area contributed by atoms with Crippen molar-refractivity contribution in [1.82, 2.24) is 10.0 Å². The fourth-order valence-corrected chi connectivity index (χ4v) is 1.70. The van der Waals surface area contributed by atoms with Gasteiger partial charge >= 0.3 is 6.09 Å². The molecule has 1 fully saturated rings. The number of alkyl carbamates (subject to hydrolysis) is 1. The Morgan fingerprint density at radius 1 is 1.31 bits per heavy atom. The normalized spacial score (nSPS) is 24.2. The molecule has 0 saturated heterocycles. The van der Waals surface area contributed by atoms with Crippen molar-refractivity contribution in [3.63, 3.8) is 0 Å². The zero-order chi connectivity index (χ0) is 12.3. The number of ether oxygens (including phenoxy) is 1. The van der Waals surface area contributed by atoms with Crippen molar-refractivity contribution in [1.29, 1.82) is 0 Å². The van der Waals surface area contributed by atoms with Gasteiger partial charge in [0, 0.05) is 12.0 Å². The van der Waals surface area contributed by atoms with Gasteiger partial charge in [0.1, 0.15) is 5.60 Å². The first-order valence-corrected chi connectivity index (χ1v) is 5.70. The number of hydrogen-bond acceptors (Lipinski definition) is 4. The highest BCUT2D eigenvalue weighted by Crippen LogP contribution is 2.27. The second-order valence-corrected chi connectivity index (χ2v) is 5.21. The molecule has 16 heavy (non-hydrogen) atoms. The zero-order valence-electron chi connectivity index (χ0n) is 9.74. The molecule has 1 saturated carbocycles. The lowest BCUT2D eigenvalue weighted by Gasteiger charge is -2.34. The lowest BCUT2D eigenvalue weighted by molar-refractivity contribution is -0.126. The average Bonchev–Trinajstić information content (AvgIpc) is 2.06. The molecule has 0 aromatic rings. The van der Waals surface area contributed by atoms with Crippen LogP contribution < -0.4 is 10.0 Å². The molecule has 2 amide bonds. The maximum atomic E-state index is 11.4. The van der Waals surface area contributed by atoms with Crippen LogP contribution in [0.2, 0.25) is 0 Å². The Bertz CT molecular complexity index is 282. The molecule has 0 aromatic carbocycles. The van der Waals surface area contributed by atoms with E-state index in [1.165, 1.54) is 0 Å². The third-order valence-electron chi connectivity index (χ3n) is 2.34. The molecule has 5 nitrogen and oxygen atoms in total. The lowest BCUT2D eigenvalue weighted by Crippen LogP contribution is -2.49. The number of carbonyl (C=O) groups excluding carboxylic acids is 2. The van der Waals surface area contributed by atoms with Gasteiger partial charge in [0.15, 0.2) is 0 Å². The van der Waals surface area contributed by atoms with Crippen LogP contribution in [0.25, 0.3) is 0 Å². The monoisotopic (exact) mass is 246 g/mol. The van der Waals surface area contributed by atoms with Crippen molar-refractivity contribution >= 4 is 24.8 Å². The highest BCUT2D eigenvalue weighted by molar-refractivity contribution is 7.78. The number of nitrogens with one attached hydrogen (secondary N) is 2. The molecule has 0 aromatic heterocycles. The molecule has 2 N–H and O–H groups in total. The Balaban J connectivity index is 2.22. The Kier molecular flexibility index (Phi) is 4.07. The molecule has 0 radical (unpaired) electrons. The summed E-state index contributed by atoms with van der Waals surface area (Å²) in [5.74, 6) is -0.136. The van der Waals surface area contributed by atoms with E-state index in [0.717, 1.165) is 0 Å². The molecule has 0 aliphatic heterocycles. The summed E-state index contributed by atoms with van der Waals surface area (Å²) in [7, 11) is 0. The van der Waals surface area contributed by atoms with Gasteiger partial charge in [-0.1, -0.05) is 12.8 Å². The van der Waals surface area contributed by atoms with Crippen LogP contribution in [-0.4, -0.2) is 23.6 Å². The van der Waals surface area contributed by atoms with Crippen molar-refractivity contribution in [2.45, 2.75) is 45.3 Å². The summed E-state index contributed by atoms with van der Waals surface area (Å²) < 4.78 is 7.39. The molecule has 0 spiro atoms. The number of carbonyl (C=O) groups is 2. The Labute approximate surface area is 101 Å². The van der Waals surface area contributed by atoms with E-state index in [9.17, 15) is 9.59 Å². The molecule has 0 heterocycles. The first-order valence-electron chi connectivity index (χ1n) is 5.25. The second kappa shape index (κ2) is 4.95. The van der Waals surface area contributed by atoms with Gasteiger partial charge in [0.25, 0.3) is 0 Å². The van der Waals surface area contributed by atoms with Crippen molar-refractivity contribution in [2.24, 2.45) is 5.92 Å². The smallest absolute Gasteiger partial charge is 0.407 e. The van der Waals surface area contributed by atoms with Gasteiger partial charge in [-0.05, 0) is 33.6 Å². The lowest BCUT2D eigenvalue weighted by atomic mass is 9.80. The van der Waals surface area contributed by atoms with E-state index < -0.39 is 11.7 Å². The number of amides is 2. The standard InChI is InChI=1S/C10H18N2O3S/c1-10(2,3)15-9(14)11-7-4-6(5-7)8(13)12-16/h6-7,16H,4-5H2,1-3H3,(H,11,14)(H,12,13). The Morgan fingerprint density at radius 3 is 2.31 bits per heavy atom. The predicted molar refractivity (Wildman–Crippen MR) is 63.0 cm³/mol. The van der Waals surface area contributed by atoms with Crippen LogP contribution in [-0.2, 0) is 9.53 Å². The highest BCUT2D eigenvalue weighted by Gasteiger charge is 2.35. The Morgan fingerprint density at radius 2 is 1.88 bits per heavy atom. The molecule has 6 heteroatoms. The summed E-state index contributed by atoms with van der Waals surface area (Å²) in [6.45, 7) is 5.43. The maximum absolute atomic E-state index is 11.4.